The van der Waals surface area contributed by atoms with E-state index >= 15 is 0 Å². The van der Waals surface area contributed by atoms with E-state index < -0.39 is 0 Å². The van der Waals surface area contributed by atoms with Crippen molar-refractivity contribution in [2.45, 2.75) is 149 Å². The fraction of sp³-hybridized carbons (Fsp3) is 1.00. The van der Waals surface area contributed by atoms with E-state index in [1.165, 1.54) is 83.6 Å². The molecular formula is C24H50N2. The predicted octanol–water partition coefficient (Wildman–Crippen LogP) is 6.93. The summed E-state index contributed by atoms with van der Waals surface area (Å²) in [7, 11) is 0. The monoisotopic (exact) mass is 366 g/mol. The number of hydrogen-bond donors (Lipinski definition) is 1. The van der Waals surface area contributed by atoms with Crippen molar-refractivity contribution >= 4 is 0 Å². The van der Waals surface area contributed by atoms with Gasteiger partial charge in [0.15, 0.2) is 0 Å². The Morgan fingerprint density at radius 3 is 1.50 bits per heavy atom. The highest BCUT2D eigenvalue weighted by Gasteiger charge is 2.36. The van der Waals surface area contributed by atoms with Gasteiger partial charge in [0.1, 0.15) is 0 Å². The smallest absolute Gasteiger partial charge is 0.0144 e. The van der Waals surface area contributed by atoms with Crippen molar-refractivity contribution in [3.8, 4) is 0 Å². The van der Waals surface area contributed by atoms with Crippen LogP contribution in [0.15, 0.2) is 0 Å². The normalized spacial score (nSPS) is 26.4. The summed E-state index contributed by atoms with van der Waals surface area (Å²) < 4.78 is 0. The van der Waals surface area contributed by atoms with Gasteiger partial charge in [-0.15, -0.1) is 0 Å². The standard InChI is InChI=1S/C24H50N2/c1-8-9-10-11-12-13-14-15-16-17-18-26-21(2)19-23(4,5)25-24(6,7)20-22(26)3/h21-22,25H,8-20H2,1-7H3. The Hall–Kier alpha value is -0.0800. The minimum Gasteiger partial charge on any atom is -0.307 e. The van der Waals surface area contributed by atoms with Crippen LogP contribution in [0, 0.1) is 0 Å². The first-order valence-electron chi connectivity index (χ1n) is 11.7. The maximum atomic E-state index is 3.90. The molecule has 2 nitrogen and oxygen atoms in total. The first-order valence-corrected chi connectivity index (χ1v) is 11.7. The first-order chi connectivity index (χ1) is 12.2. The van der Waals surface area contributed by atoms with Gasteiger partial charge in [-0.3, -0.25) is 4.90 Å². The molecule has 1 rings (SSSR count). The minimum absolute atomic E-state index is 0.221. The van der Waals surface area contributed by atoms with E-state index in [1.807, 2.05) is 0 Å². The van der Waals surface area contributed by atoms with E-state index in [2.05, 4.69) is 58.7 Å². The quantitative estimate of drug-likeness (QED) is 0.399. The van der Waals surface area contributed by atoms with E-state index in [1.54, 1.807) is 0 Å². The Bertz CT molecular complexity index is 339. The summed E-state index contributed by atoms with van der Waals surface area (Å²) in [4.78, 5) is 2.80. The molecule has 2 heteroatoms. The second-order valence-electron chi connectivity index (χ2n) is 10.4. The number of unbranched alkanes of at least 4 members (excludes halogenated alkanes) is 9. The van der Waals surface area contributed by atoms with Crippen molar-refractivity contribution in [2.24, 2.45) is 0 Å². The second-order valence-corrected chi connectivity index (χ2v) is 10.4. The van der Waals surface area contributed by atoms with Gasteiger partial charge in [0.25, 0.3) is 0 Å². The molecule has 1 heterocycles. The molecule has 1 N–H and O–H groups in total. The van der Waals surface area contributed by atoms with E-state index in [9.17, 15) is 0 Å². The van der Waals surface area contributed by atoms with Crippen LogP contribution in [-0.4, -0.2) is 34.6 Å². The molecule has 1 aliphatic rings. The van der Waals surface area contributed by atoms with Crippen LogP contribution in [0.3, 0.4) is 0 Å². The highest BCUT2D eigenvalue weighted by atomic mass is 15.2. The van der Waals surface area contributed by atoms with Gasteiger partial charge in [-0.05, 0) is 67.3 Å². The second kappa shape index (κ2) is 11.7. The summed E-state index contributed by atoms with van der Waals surface area (Å²) in [6.07, 6.45) is 16.7. The van der Waals surface area contributed by atoms with Crippen molar-refractivity contribution in [1.29, 1.82) is 0 Å². The molecule has 0 saturated carbocycles. The average Bonchev–Trinajstić information content (AvgIpc) is 2.49. The summed E-state index contributed by atoms with van der Waals surface area (Å²) in [5, 5.41) is 3.90. The van der Waals surface area contributed by atoms with Crippen LogP contribution in [0.4, 0.5) is 0 Å². The lowest BCUT2D eigenvalue weighted by molar-refractivity contribution is 0.0614. The highest BCUT2D eigenvalue weighted by Crippen LogP contribution is 2.29. The van der Waals surface area contributed by atoms with Gasteiger partial charge in [0.05, 0.1) is 0 Å². The molecule has 0 amide bonds. The zero-order valence-electron chi connectivity index (χ0n) is 19.3. The van der Waals surface area contributed by atoms with E-state index in [0.29, 0.717) is 12.1 Å². The minimum atomic E-state index is 0.221. The van der Waals surface area contributed by atoms with E-state index in [0.717, 1.165) is 0 Å². The zero-order valence-corrected chi connectivity index (χ0v) is 19.3. The van der Waals surface area contributed by atoms with Crippen molar-refractivity contribution < 1.29 is 0 Å². The summed E-state index contributed by atoms with van der Waals surface area (Å²) in [5.41, 5.74) is 0.443. The van der Waals surface area contributed by atoms with Gasteiger partial charge in [0, 0.05) is 23.2 Å². The van der Waals surface area contributed by atoms with Crippen molar-refractivity contribution in [1.82, 2.24) is 10.2 Å². The molecule has 0 aromatic rings. The molecule has 0 aromatic heterocycles. The van der Waals surface area contributed by atoms with Gasteiger partial charge in [0.2, 0.25) is 0 Å². The van der Waals surface area contributed by atoms with Crippen LogP contribution in [-0.2, 0) is 0 Å². The highest BCUT2D eigenvalue weighted by molar-refractivity contribution is 4.96. The Labute approximate surface area is 165 Å². The molecule has 0 spiro atoms. The maximum Gasteiger partial charge on any atom is 0.0144 e. The van der Waals surface area contributed by atoms with Crippen molar-refractivity contribution in [3.63, 3.8) is 0 Å². The van der Waals surface area contributed by atoms with Gasteiger partial charge in [-0.25, -0.2) is 0 Å². The van der Waals surface area contributed by atoms with Crippen molar-refractivity contribution in [3.05, 3.63) is 0 Å². The van der Waals surface area contributed by atoms with Crippen LogP contribution in [0.2, 0.25) is 0 Å². The molecule has 2 unspecified atom stereocenters. The third kappa shape index (κ3) is 9.74. The molecule has 26 heavy (non-hydrogen) atoms. The first kappa shape index (κ1) is 24.0. The molecule has 1 aliphatic heterocycles. The van der Waals surface area contributed by atoms with Crippen molar-refractivity contribution in [2.75, 3.05) is 6.54 Å². The summed E-state index contributed by atoms with van der Waals surface area (Å²) in [5.74, 6) is 0. The fourth-order valence-corrected chi connectivity index (χ4v) is 5.39. The molecule has 156 valence electrons. The molecule has 0 bridgehead atoms. The number of nitrogens with zero attached hydrogens (tertiary/aromatic N) is 1. The third-order valence-electron chi connectivity index (χ3n) is 6.19. The van der Waals surface area contributed by atoms with Crippen LogP contribution in [0.1, 0.15) is 126 Å². The third-order valence-corrected chi connectivity index (χ3v) is 6.19. The largest absolute Gasteiger partial charge is 0.307 e. The van der Waals surface area contributed by atoms with Crippen LogP contribution in [0.5, 0.6) is 0 Å². The number of nitrogens with one attached hydrogen (secondary N) is 1. The fourth-order valence-electron chi connectivity index (χ4n) is 5.39. The molecule has 0 aliphatic carbocycles. The summed E-state index contributed by atoms with van der Waals surface area (Å²) in [6.45, 7) is 18.0. The van der Waals surface area contributed by atoms with Gasteiger partial charge in [-0.1, -0.05) is 64.7 Å². The summed E-state index contributed by atoms with van der Waals surface area (Å²) >= 11 is 0. The lowest BCUT2D eigenvalue weighted by atomic mass is 9.84. The van der Waals surface area contributed by atoms with Gasteiger partial charge in [-0.2, -0.15) is 0 Å². The van der Waals surface area contributed by atoms with E-state index in [4.69, 9.17) is 0 Å². The Morgan fingerprint density at radius 1 is 0.692 bits per heavy atom. The Balaban J connectivity index is 2.29. The molecule has 1 saturated heterocycles. The molecule has 2 atom stereocenters. The predicted molar refractivity (Wildman–Crippen MR) is 118 cm³/mol. The molecular weight excluding hydrogens is 316 g/mol. The lowest BCUT2D eigenvalue weighted by Crippen LogP contribution is -2.60. The van der Waals surface area contributed by atoms with Gasteiger partial charge < -0.3 is 5.32 Å². The lowest BCUT2D eigenvalue weighted by Gasteiger charge is -2.48. The molecule has 1 fully saturated rings. The molecule has 0 aromatic carbocycles. The molecule has 0 radical (unpaired) electrons. The Morgan fingerprint density at radius 2 is 1.08 bits per heavy atom. The Kier molecular flexibility index (Phi) is 10.8. The van der Waals surface area contributed by atoms with Crippen LogP contribution in [0.25, 0.3) is 0 Å². The number of hydrogen-bond acceptors (Lipinski definition) is 2. The SMILES string of the molecule is CCCCCCCCCCCCN1C(C)CC(C)(C)NC(C)(C)CC1C. The summed E-state index contributed by atoms with van der Waals surface area (Å²) in [6, 6.07) is 1.34. The number of rotatable bonds is 11. The van der Waals surface area contributed by atoms with Crippen LogP contribution < -0.4 is 5.32 Å². The van der Waals surface area contributed by atoms with Crippen LogP contribution >= 0.6 is 0 Å². The maximum absolute atomic E-state index is 3.90. The average molecular weight is 367 g/mol. The topological polar surface area (TPSA) is 15.3 Å². The van der Waals surface area contributed by atoms with E-state index in [-0.39, 0.29) is 11.1 Å². The van der Waals surface area contributed by atoms with Gasteiger partial charge >= 0.3 is 0 Å². The zero-order chi connectivity index (χ0) is 19.6.